The van der Waals surface area contributed by atoms with Crippen molar-refractivity contribution in [2.75, 3.05) is 6.54 Å². The Morgan fingerprint density at radius 1 is 1.14 bits per heavy atom. The molecule has 6 rings (SSSR count). The number of nitrogens with one attached hydrogen (secondary N) is 1. The van der Waals surface area contributed by atoms with Crippen molar-refractivity contribution in [3.05, 3.63) is 72.0 Å². The lowest BCUT2D eigenvalue weighted by Gasteiger charge is -2.24. The molecule has 1 N–H and O–H groups in total. The molecular formula is C21H16F5N9O2. The second-order valence-corrected chi connectivity index (χ2v) is 7.75. The maximum Gasteiger partial charge on any atom is 0.504 e. The molecule has 1 aliphatic rings. The Balaban J connectivity index is 0.000000195. The highest BCUT2D eigenvalue weighted by atomic mass is 19.4. The lowest BCUT2D eigenvalue weighted by Crippen LogP contribution is -2.36. The molecular weight excluding hydrogens is 505 g/mol. The number of amides is 1. The smallest absolute Gasteiger partial charge is 0.411 e. The maximum absolute atomic E-state index is 12.6. The van der Waals surface area contributed by atoms with Gasteiger partial charge < -0.3 is 14.3 Å². The number of rotatable bonds is 3. The molecule has 6 heterocycles. The number of hydrogen-bond acceptors (Lipinski definition) is 7. The van der Waals surface area contributed by atoms with E-state index in [4.69, 9.17) is 4.42 Å². The van der Waals surface area contributed by atoms with E-state index in [0.29, 0.717) is 25.0 Å². The van der Waals surface area contributed by atoms with E-state index in [9.17, 15) is 26.7 Å². The number of alkyl halides is 5. The van der Waals surface area contributed by atoms with E-state index in [0.717, 1.165) is 23.7 Å². The fourth-order valence-electron chi connectivity index (χ4n) is 3.65. The largest absolute Gasteiger partial charge is 0.504 e. The molecule has 0 saturated heterocycles. The normalized spacial score (nSPS) is 13.5. The molecule has 5 aromatic heterocycles. The number of pyridine rings is 1. The number of imidazole rings is 1. The Morgan fingerprint density at radius 2 is 1.97 bits per heavy atom. The Kier molecular flexibility index (Phi) is 6.14. The van der Waals surface area contributed by atoms with Crippen LogP contribution in [0.2, 0.25) is 0 Å². The molecule has 0 radical (unpaired) electrons. The van der Waals surface area contributed by atoms with Crippen LogP contribution in [0.15, 0.2) is 53.5 Å². The van der Waals surface area contributed by atoms with Crippen LogP contribution in [0, 0.1) is 0 Å². The van der Waals surface area contributed by atoms with Crippen LogP contribution in [-0.4, -0.2) is 56.9 Å². The number of hydrogen-bond donors (Lipinski definition) is 1. The summed E-state index contributed by atoms with van der Waals surface area (Å²) in [4.78, 5) is 21.0. The van der Waals surface area contributed by atoms with Crippen molar-refractivity contribution >= 4 is 11.4 Å². The van der Waals surface area contributed by atoms with Gasteiger partial charge in [-0.05, 0) is 24.3 Å². The Labute approximate surface area is 203 Å². The number of halogens is 5. The topological polar surface area (TPSA) is 123 Å². The van der Waals surface area contributed by atoms with Crippen LogP contribution in [0.1, 0.15) is 34.2 Å². The number of nitrogens with zero attached hydrogens (tertiary/aromatic N) is 8. The molecule has 0 unspecified atom stereocenters. The van der Waals surface area contributed by atoms with Gasteiger partial charge in [-0.15, -0.1) is 23.4 Å². The average molecular weight is 521 g/mol. The third kappa shape index (κ3) is 4.89. The van der Waals surface area contributed by atoms with Crippen LogP contribution in [0.25, 0.3) is 17.1 Å². The minimum atomic E-state index is -4.65. The average Bonchev–Trinajstić information content (AvgIpc) is 3.68. The van der Waals surface area contributed by atoms with Crippen LogP contribution in [0.3, 0.4) is 0 Å². The summed E-state index contributed by atoms with van der Waals surface area (Å²) >= 11 is 0. The predicted octanol–water partition coefficient (Wildman–Crippen LogP) is 3.60. The first-order chi connectivity index (χ1) is 17.7. The van der Waals surface area contributed by atoms with Crippen molar-refractivity contribution in [2.45, 2.75) is 25.7 Å². The standard InChI is InChI=1S/C13H10F3N7O2.C8H6F2N2/c14-13(15,16)23-4-2-8(21-23)10-19-20-11(25-10)12(24)22-3-1-7-9(5-22)18-6-17-7;9-8(10)7-3-1-2-6-4-5-11-12(6)7/h2,4,6H,1,3,5H2,(H,17,18);1-5,8H. The van der Waals surface area contributed by atoms with E-state index in [2.05, 4.69) is 30.4 Å². The molecule has 0 saturated carbocycles. The van der Waals surface area contributed by atoms with Gasteiger partial charge in [0.05, 0.1) is 29.8 Å². The SMILES string of the molecule is FC(F)c1cccc2ccnn12.O=C(c1nnc(-c2ccn(C(F)(F)F)n2)o1)N1CCc2nc[nH]c2C1. The summed E-state index contributed by atoms with van der Waals surface area (Å²) in [7, 11) is 0. The monoisotopic (exact) mass is 521 g/mol. The summed E-state index contributed by atoms with van der Waals surface area (Å²) in [6, 6.07) is 7.46. The van der Waals surface area contributed by atoms with E-state index in [1.807, 2.05) is 0 Å². The number of aromatic amines is 1. The Hall–Kier alpha value is -4.63. The summed E-state index contributed by atoms with van der Waals surface area (Å²) in [6.07, 6.45) is -2.75. The van der Waals surface area contributed by atoms with Crippen molar-refractivity contribution in [3.63, 3.8) is 0 Å². The number of carbonyl (C=O) groups is 1. The zero-order valence-electron chi connectivity index (χ0n) is 18.6. The van der Waals surface area contributed by atoms with Crippen molar-refractivity contribution in [1.29, 1.82) is 0 Å². The van der Waals surface area contributed by atoms with Gasteiger partial charge in [0.25, 0.3) is 12.3 Å². The fourth-order valence-corrected chi connectivity index (χ4v) is 3.65. The highest BCUT2D eigenvalue weighted by molar-refractivity contribution is 5.89. The number of H-pyrrole nitrogens is 1. The summed E-state index contributed by atoms with van der Waals surface area (Å²) in [5.74, 6) is -1.07. The van der Waals surface area contributed by atoms with E-state index >= 15 is 0 Å². The molecule has 1 amide bonds. The van der Waals surface area contributed by atoms with Gasteiger partial charge >= 0.3 is 18.1 Å². The van der Waals surface area contributed by atoms with Crippen LogP contribution < -0.4 is 0 Å². The molecule has 37 heavy (non-hydrogen) atoms. The van der Waals surface area contributed by atoms with Crippen molar-refractivity contribution in [1.82, 2.24) is 44.5 Å². The van der Waals surface area contributed by atoms with Crippen LogP contribution in [0.5, 0.6) is 0 Å². The number of fused-ring (bicyclic) bond motifs is 2. The number of carbonyl (C=O) groups excluding carboxylic acids is 1. The second-order valence-electron chi connectivity index (χ2n) is 7.75. The summed E-state index contributed by atoms with van der Waals surface area (Å²) in [6.45, 7) is 0.742. The minimum absolute atomic E-state index is 0.0718. The molecule has 0 aliphatic carbocycles. The zero-order valence-corrected chi connectivity index (χ0v) is 18.6. The van der Waals surface area contributed by atoms with Gasteiger partial charge in [0.15, 0.2) is 0 Å². The molecule has 192 valence electrons. The lowest BCUT2D eigenvalue weighted by atomic mass is 10.1. The maximum atomic E-state index is 12.6. The van der Waals surface area contributed by atoms with E-state index < -0.39 is 18.6 Å². The Bertz CT molecular complexity index is 1530. The molecule has 0 fully saturated rings. The van der Waals surface area contributed by atoms with E-state index in [-0.39, 0.29) is 27.9 Å². The summed E-state index contributed by atoms with van der Waals surface area (Å²) in [5.41, 5.74) is 2.17. The quantitative estimate of drug-likeness (QED) is 0.360. The summed E-state index contributed by atoms with van der Waals surface area (Å²) in [5, 5.41) is 14.3. The van der Waals surface area contributed by atoms with Gasteiger partial charge in [-0.25, -0.2) is 18.3 Å². The zero-order chi connectivity index (χ0) is 26.2. The third-order valence-electron chi connectivity index (χ3n) is 5.41. The van der Waals surface area contributed by atoms with Gasteiger partial charge in [0, 0.05) is 25.4 Å². The molecule has 16 heteroatoms. The first kappa shape index (κ1) is 24.1. The second kappa shape index (κ2) is 9.44. The molecule has 11 nitrogen and oxygen atoms in total. The third-order valence-corrected chi connectivity index (χ3v) is 5.41. The highest BCUT2D eigenvalue weighted by Crippen LogP contribution is 2.25. The van der Waals surface area contributed by atoms with Crippen molar-refractivity contribution in [3.8, 4) is 11.6 Å². The molecule has 0 aromatic carbocycles. The van der Waals surface area contributed by atoms with Gasteiger partial charge in [-0.1, -0.05) is 6.07 Å². The molecule has 5 aromatic rings. The van der Waals surface area contributed by atoms with E-state index in [1.54, 1.807) is 24.5 Å². The minimum Gasteiger partial charge on any atom is -0.411 e. The molecule has 0 atom stereocenters. The fraction of sp³-hybridized carbons (Fsp3) is 0.238. The molecule has 1 aliphatic heterocycles. The van der Waals surface area contributed by atoms with Crippen LogP contribution >= 0.6 is 0 Å². The predicted molar refractivity (Wildman–Crippen MR) is 114 cm³/mol. The first-order valence-corrected chi connectivity index (χ1v) is 10.7. The van der Waals surface area contributed by atoms with Crippen LogP contribution in [0.4, 0.5) is 22.0 Å². The highest BCUT2D eigenvalue weighted by Gasteiger charge is 2.33. The Morgan fingerprint density at radius 3 is 2.73 bits per heavy atom. The lowest BCUT2D eigenvalue weighted by molar-refractivity contribution is -0.212. The van der Waals surface area contributed by atoms with Crippen molar-refractivity contribution in [2.24, 2.45) is 0 Å². The van der Waals surface area contributed by atoms with E-state index in [1.165, 1.54) is 21.7 Å². The van der Waals surface area contributed by atoms with Gasteiger partial charge in [0.1, 0.15) is 11.4 Å². The molecule has 0 spiro atoms. The van der Waals surface area contributed by atoms with Gasteiger partial charge in [0.2, 0.25) is 0 Å². The van der Waals surface area contributed by atoms with Gasteiger partial charge in [-0.2, -0.15) is 14.9 Å². The van der Waals surface area contributed by atoms with Gasteiger partial charge in [-0.3, -0.25) is 4.79 Å². The summed E-state index contributed by atoms with van der Waals surface area (Å²) < 4.78 is 68.5. The first-order valence-electron chi connectivity index (χ1n) is 10.7. The van der Waals surface area contributed by atoms with Crippen LogP contribution in [-0.2, 0) is 19.3 Å². The number of aromatic nitrogens is 8. The molecule has 0 bridgehead atoms. The van der Waals surface area contributed by atoms with Crippen molar-refractivity contribution < 1.29 is 31.2 Å².